The van der Waals surface area contributed by atoms with Crippen LogP contribution in [-0.4, -0.2) is 66.4 Å². The zero-order valence-electron chi connectivity index (χ0n) is 15.5. The Labute approximate surface area is 166 Å². The van der Waals surface area contributed by atoms with Gasteiger partial charge in [0.15, 0.2) is 5.58 Å². The second-order valence-corrected chi connectivity index (χ2v) is 10.6. The molecule has 13 heteroatoms. The number of aromatic amines is 1. The van der Waals surface area contributed by atoms with Gasteiger partial charge in [0, 0.05) is 39.4 Å². The molecule has 29 heavy (non-hydrogen) atoms. The number of aromatic nitrogens is 3. The van der Waals surface area contributed by atoms with E-state index in [0.29, 0.717) is 6.42 Å². The highest BCUT2D eigenvalue weighted by Gasteiger charge is 2.32. The molecule has 0 aliphatic carbocycles. The van der Waals surface area contributed by atoms with E-state index in [-0.39, 0.29) is 47.1 Å². The lowest BCUT2D eigenvalue weighted by Crippen LogP contribution is -2.37. The maximum Gasteiger partial charge on any atom is 0.417 e. The van der Waals surface area contributed by atoms with Gasteiger partial charge in [-0.05, 0) is 24.6 Å². The summed E-state index contributed by atoms with van der Waals surface area (Å²) in [7, 11) is -5.99. The fourth-order valence-electron chi connectivity index (χ4n) is 3.27. The Morgan fingerprint density at radius 1 is 1.00 bits per heavy atom. The third kappa shape index (κ3) is 3.61. The second kappa shape index (κ2) is 7.09. The minimum atomic E-state index is -3.87. The van der Waals surface area contributed by atoms with Crippen molar-refractivity contribution in [3.05, 3.63) is 41.1 Å². The first-order chi connectivity index (χ1) is 13.7. The summed E-state index contributed by atoms with van der Waals surface area (Å²) in [6.45, 7) is 0.432. The summed E-state index contributed by atoms with van der Waals surface area (Å²) < 4.78 is 60.5. The Balaban J connectivity index is 1.57. The van der Waals surface area contributed by atoms with Crippen molar-refractivity contribution < 1.29 is 21.3 Å². The topological polar surface area (TPSA) is 139 Å². The Morgan fingerprint density at radius 2 is 1.66 bits per heavy atom. The molecule has 1 N–H and O–H groups in total. The lowest BCUT2D eigenvalue weighted by atomic mass is 10.3. The number of oxazole rings is 1. The van der Waals surface area contributed by atoms with Crippen LogP contribution in [0.3, 0.4) is 0 Å². The largest absolute Gasteiger partial charge is 0.417 e. The van der Waals surface area contributed by atoms with Crippen LogP contribution in [0.5, 0.6) is 0 Å². The van der Waals surface area contributed by atoms with Gasteiger partial charge in [-0.3, -0.25) is 9.67 Å². The summed E-state index contributed by atoms with van der Waals surface area (Å²) >= 11 is 0. The Hall–Kier alpha value is -2.48. The van der Waals surface area contributed by atoms with Gasteiger partial charge in [0.05, 0.1) is 16.6 Å². The molecule has 3 heterocycles. The molecule has 0 saturated carbocycles. The van der Waals surface area contributed by atoms with Gasteiger partial charge in [-0.15, -0.1) is 0 Å². The number of sulfonamides is 2. The minimum Gasteiger partial charge on any atom is -0.408 e. The maximum atomic E-state index is 13.0. The average molecular weight is 441 g/mol. The van der Waals surface area contributed by atoms with Gasteiger partial charge >= 0.3 is 5.76 Å². The number of hydrogen-bond acceptors (Lipinski definition) is 7. The number of benzene rings is 1. The molecule has 3 aromatic rings. The highest BCUT2D eigenvalue weighted by atomic mass is 32.2. The predicted octanol–water partition coefficient (Wildman–Crippen LogP) is -0.0601. The molecule has 11 nitrogen and oxygen atoms in total. The van der Waals surface area contributed by atoms with Crippen LogP contribution < -0.4 is 5.76 Å². The first kappa shape index (κ1) is 19.8. The van der Waals surface area contributed by atoms with Crippen LogP contribution in [0.15, 0.2) is 49.6 Å². The summed E-state index contributed by atoms with van der Waals surface area (Å²) in [6, 6.07) is 4.12. The van der Waals surface area contributed by atoms with E-state index in [4.69, 9.17) is 4.42 Å². The summed E-state index contributed by atoms with van der Waals surface area (Å²) in [6.07, 6.45) is 3.04. The third-order valence-electron chi connectivity index (χ3n) is 4.76. The number of nitrogens with zero attached hydrogens (tertiary/aromatic N) is 4. The zero-order chi connectivity index (χ0) is 20.8. The smallest absolute Gasteiger partial charge is 0.408 e. The number of aryl methyl sites for hydroxylation is 1. The Kier molecular flexibility index (Phi) is 4.85. The second-order valence-electron chi connectivity index (χ2n) is 6.68. The first-order valence-electron chi connectivity index (χ1n) is 8.80. The van der Waals surface area contributed by atoms with Crippen molar-refractivity contribution >= 4 is 31.1 Å². The first-order valence-corrected chi connectivity index (χ1v) is 11.7. The normalized spacial score (nSPS) is 17.6. The molecule has 0 spiro atoms. The lowest BCUT2D eigenvalue weighted by Gasteiger charge is -2.21. The van der Waals surface area contributed by atoms with Crippen LogP contribution >= 0.6 is 0 Å². The molecular weight excluding hydrogens is 422 g/mol. The Bertz CT molecular complexity index is 1320. The van der Waals surface area contributed by atoms with Crippen LogP contribution in [0.2, 0.25) is 0 Å². The SMILES string of the molecule is Cn1cc(S(=O)(=O)N2CCCN(S(=O)(=O)c3ccc4oc(=O)[nH]c4c3)CC2)cn1. The molecule has 0 atom stereocenters. The van der Waals surface area contributed by atoms with E-state index >= 15 is 0 Å². The van der Waals surface area contributed by atoms with E-state index in [1.807, 2.05) is 0 Å². The van der Waals surface area contributed by atoms with Gasteiger partial charge in [-0.2, -0.15) is 13.7 Å². The quantitative estimate of drug-likeness (QED) is 0.598. The van der Waals surface area contributed by atoms with Crippen molar-refractivity contribution in [1.82, 2.24) is 23.4 Å². The number of hydrogen-bond donors (Lipinski definition) is 1. The summed E-state index contributed by atoms with van der Waals surface area (Å²) in [5, 5.41) is 3.89. The molecule has 1 aliphatic rings. The van der Waals surface area contributed by atoms with E-state index in [1.165, 1.54) is 43.9 Å². The molecule has 1 aliphatic heterocycles. The van der Waals surface area contributed by atoms with E-state index < -0.39 is 25.8 Å². The van der Waals surface area contributed by atoms with Crippen molar-refractivity contribution in [2.45, 2.75) is 16.2 Å². The number of fused-ring (bicyclic) bond motifs is 1. The highest BCUT2D eigenvalue weighted by molar-refractivity contribution is 7.89. The minimum absolute atomic E-state index is 0.00520. The monoisotopic (exact) mass is 441 g/mol. The average Bonchev–Trinajstić information content (AvgIpc) is 3.16. The molecule has 0 radical (unpaired) electrons. The number of rotatable bonds is 4. The number of nitrogens with one attached hydrogen (secondary N) is 1. The van der Waals surface area contributed by atoms with Crippen molar-refractivity contribution in [1.29, 1.82) is 0 Å². The maximum absolute atomic E-state index is 13.0. The van der Waals surface area contributed by atoms with E-state index in [9.17, 15) is 21.6 Å². The lowest BCUT2D eigenvalue weighted by molar-refractivity contribution is 0.404. The molecule has 1 fully saturated rings. The predicted molar refractivity (Wildman–Crippen MR) is 102 cm³/mol. The van der Waals surface area contributed by atoms with Crippen LogP contribution in [0, 0.1) is 0 Å². The van der Waals surface area contributed by atoms with Gasteiger partial charge in [-0.25, -0.2) is 21.6 Å². The van der Waals surface area contributed by atoms with E-state index in [1.54, 1.807) is 7.05 Å². The molecule has 1 aromatic carbocycles. The van der Waals surface area contributed by atoms with Crippen LogP contribution in [0.25, 0.3) is 11.1 Å². The third-order valence-corrected chi connectivity index (χ3v) is 8.51. The van der Waals surface area contributed by atoms with Crippen LogP contribution in [-0.2, 0) is 27.1 Å². The van der Waals surface area contributed by atoms with Crippen LogP contribution in [0.1, 0.15) is 6.42 Å². The van der Waals surface area contributed by atoms with Gasteiger partial charge in [0.25, 0.3) is 0 Å². The fourth-order valence-corrected chi connectivity index (χ4v) is 6.22. The van der Waals surface area contributed by atoms with Gasteiger partial charge in [0.2, 0.25) is 20.0 Å². The van der Waals surface area contributed by atoms with E-state index in [0.717, 1.165) is 0 Å². The molecule has 1 saturated heterocycles. The fraction of sp³-hybridized carbons (Fsp3) is 0.375. The summed E-state index contributed by atoms with van der Waals surface area (Å²) in [5.74, 6) is -0.666. The number of H-pyrrole nitrogens is 1. The highest BCUT2D eigenvalue weighted by Crippen LogP contribution is 2.23. The Morgan fingerprint density at radius 3 is 2.28 bits per heavy atom. The molecule has 4 rings (SSSR count). The zero-order valence-corrected chi connectivity index (χ0v) is 17.1. The molecule has 0 amide bonds. The summed E-state index contributed by atoms with van der Waals surface area (Å²) in [4.78, 5) is 13.8. The molecular formula is C16H19N5O6S2. The van der Waals surface area contributed by atoms with E-state index in [2.05, 4.69) is 10.1 Å². The standard InChI is InChI=1S/C16H19N5O6S2/c1-19-11-13(10-17-19)29(25,26)21-6-2-5-20(7-8-21)28(23,24)12-3-4-15-14(9-12)18-16(22)27-15/h3-4,9-11H,2,5-8H2,1H3,(H,18,22). The van der Waals surface area contributed by atoms with Crippen molar-refractivity contribution in [2.24, 2.45) is 7.05 Å². The van der Waals surface area contributed by atoms with Crippen molar-refractivity contribution in [2.75, 3.05) is 26.2 Å². The van der Waals surface area contributed by atoms with Gasteiger partial charge in [-0.1, -0.05) is 0 Å². The molecule has 156 valence electrons. The summed E-state index contributed by atoms with van der Waals surface area (Å²) in [5.41, 5.74) is 0.547. The molecule has 2 aromatic heterocycles. The molecule has 0 bridgehead atoms. The van der Waals surface area contributed by atoms with Crippen molar-refractivity contribution in [3.63, 3.8) is 0 Å². The van der Waals surface area contributed by atoms with Gasteiger partial charge < -0.3 is 4.42 Å². The van der Waals surface area contributed by atoms with Crippen molar-refractivity contribution in [3.8, 4) is 0 Å². The van der Waals surface area contributed by atoms with Gasteiger partial charge in [0.1, 0.15) is 4.90 Å². The molecule has 0 unspecified atom stereocenters. The van der Waals surface area contributed by atoms with Crippen LogP contribution in [0.4, 0.5) is 0 Å².